The quantitative estimate of drug-likeness (QED) is 0.417. The van der Waals surface area contributed by atoms with Gasteiger partial charge >= 0.3 is 0 Å². The smallest absolute Gasteiger partial charge is 0.203 e. The highest BCUT2D eigenvalue weighted by atomic mass is 32.1. The summed E-state index contributed by atoms with van der Waals surface area (Å²) in [6, 6.07) is 10.8. The van der Waals surface area contributed by atoms with Gasteiger partial charge in [-0.25, -0.2) is 9.97 Å². The van der Waals surface area contributed by atoms with E-state index in [1.165, 1.54) is 11.3 Å². The monoisotopic (exact) mass is 365 g/mol. The molecule has 3 aromatic heterocycles. The van der Waals surface area contributed by atoms with Gasteiger partial charge in [0.1, 0.15) is 17.1 Å². The van der Waals surface area contributed by atoms with Crippen LogP contribution in [0.15, 0.2) is 59.3 Å². The summed E-state index contributed by atoms with van der Waals surface area (Å²) >= 11 is 1.40. The predicted molar refractivity (Wildman–Crippen MR) is 102 cm³/mol. The van der Waals surface area contributed by atoms with Crippen LogP contribution in [0.3, 0.4) is 0 Å². The summed E-state index contributed by atoms with van der Waals surface area (Å²) < 4.78 is 7.13. The number of fused-ring (bicyclic) bond motifs is 1. The summed E-state index contributed by atoms with van der Waals surface area (Å²) in [7, 11) is 1.58. The molecule has 0 saturated carbocycles. The zero-order chi connectivity index (χ0) is 17.9. The molecule has 2 N–H and O–H groups in total. The number of hydrazone groups is 1. The Bertz CT molecular complexity index is 1090. The molecule has 3 heterocycles. The van der Waals surface area contributed by atoms with E-state index in [0.717, 1.165) is 11.3 Å². The number of hydrogen-bond acceptors (Lipinski definition) is 7. The van der Waals surface area contributed by atoms with Gasteiger partial charge in [0, 0.05) is 17.1 Å². The lowest BCUT2D eigenvalue weighted by molar-refractivity contribution is 0.412. The Morgan fingerprint density at radius 1 is 1.31 bits per heavy atom. The molecule has 7 nitrogen and oxygen atoms in total. The van der Waals surface area contributed by atoms with Crippen molar-refractivity contribution in [3.8, 4) is 22.8 Å². The Morgan fingerprint density at radius 3 is 3.12 bits per heavy atom. The van der Waals surface area contributed by atoms with Gasteiger partial charge in [-0.2, -0.15) is 5.10 Å². The van der Waals surface area contributed by atoms with Crippen LogP contribution >= 0.6 is 11.3 Å². The molecular weight excluding hydrogens is 350 g/mol. The third-order valence-electron chi connectivity index (χ3n) is 3.79. The second-order valence-corrected chi connectivity index (χ2v) is 6.26. The first-order valence-corrected chi connectivity index (χ1v) is 8.66. The largest absolute Gasteiger partial charge is 0.507 e. The van der Waals surface area contributed by atoms with Gasteiger partial charge in [0.15, 0.2) is 0 Å². The van der Waals surface area contributed by atoms with Gasteiger partial charge in [0.2, 0.25) is 5.13 Å². The molecule has 0 aliphatic rings. The number of phenols is 1. The molecule has 0 aliphatic heterocycles. The molecule has 0 spiro atoms. The van der Waals surface area contributed by atoms with E-state index >= 15 is 0 Å². The molecule has 0 unspecified atom stereocenters. The molecule has 0 amide bonds. The van der Waals surface area contributed by atoms with Crippen molar-refractivity contribution in [1.29, 1.82) is 0 Å². The van der Waals surface area contributed by atoms with Crippen LogP contribution in [-0.2, 0) is 0 Å². The summed E-state index contributed by atoms with van der Waals surface area (Å²) in [5, 5.41) is 16.7. The van der Waals surface area contributed by atoms with Crippen molar-refractivity contribution in [2.75, 3.05) is 12.5 Å². The zero-order valence-corrected chi connectivity index (χ0v) is 14.6. The van der Waals surface area contributed by atoms with Crippen LogP contribution in [0.25, 0.3) is 16.9 Å². The van der Waals surface area contributed by atoms with E-state index in [9.17, 15) is 5.11 Å². The number of hydrogen-bond donors (Lipinski definition) is 2. The summed E-state index contributed by atoms with van der Waals surface area (Å²) in [6.07, 6.45) is 5.36. The van der Waals surface area contributed by atoms with Gasteiger partial charge in [-0.1, -0.05) is 6.07 Å². The molecule has 4 aromatic rings. The summed E-state index contributed by atoms with van der Waals surface area (Å²) in [4.78, 5) is 8.76. The van der Waals surface area contributed by atoms with Crippen LogP contribution in [0.1, 0.15) is 5.69 Å². The van der Waals surface area contributed by atoms with Crippen LogP contribution < -0.4 is 10.2 Å². The number of thiazole rings is 1. The Labute approximate surface area is 153 Å². The minimum Gasteiger partial charge on any atom is -0.507 e. The molecule has 0 fully saturated rings. The number of nitrogens with one attached hydrogen (secondary N) is 1. The van der Waals surface area contributed by atoms with Gasteiger partial charge in [0.05, 0.1) is 30.9 Å². The number of benzene rings is 1. The average Bonchev–Trinajstić information content (AvgIpc) is 3.30. The van der Waals surface area contributed by atoms with Crippen molar-refractivity contribution in [2.24, 2.45) is 5.10 Å². The highest BCUT2D eigenvalue weighted by molar-refractivity contribution is 7.14. The van der Waals surface area contributed by atoms with Gasteiger partial charge in [-0.05, 0) is 30.3 Å². The molecule has 1 aromatic carbocycles. The van der Waals surface area contributed by atoms with E-state index in [1.807, 2.05) is 34.2 Å². The lowest BCUT2D eigenvalue weighted by atomic mass is 10.1. The van der Waals surface area contributed by atoms with Crippen molar-refractivity contribution in [3.05, 3.63) is 59.9 Å². The number of methoxy groups -OCH3 is 1. The number of ether oxygens (including phenoxy) is 1. The normalized spacial score (nSPS) is 11.3. The predicted octanol–water partition coefficient (Wildman–Crippen LogP) is 3.62. The van der Waals surface area contributed by atoms with E-state index in [0.29, 0.717) is 22.1 Å². The minimum absolute atomic E-state index is 0.150. The van der Waals surface area contributed by atoms with Crippen molar-refractivity contribution in [3.63, 3.8) is 0 Å². The summed E-state index contributed by atoms with van der Waals surface area (Å²) in [5.41, 5.74) is 5.89. The van der Waals surface area contributed by atoms with Gasteiger partial charge in [-0.3, -0.25) is 9.83 Å². The number of aromatic nitrogens is 3. The molecule has 26 heavy (non-hydrogen) atoms. The number of anilines is 1. The number of pyridine rings is 1. The molecule has 0 bridgehead atoms. The van der Waals surface area contributed by atoms with Crippen molar-refractivity contribution in [1.82, 2.24) is 14.4 Å². The lowest BCUT2D eigenvalue weighted by Gasteiger charge is -2.04. The lowest BCUT2D eigenvalue weighted by Crippen LogP contribution is -1.94. The maximum absolute atomic E-state index is 10.0. The molecule has 8 heteroatoms. The van der Waals surface area contributed by atoms with E-state index in [2.05, 4.69) is 20.5 Å². The number of aromatic hydroxyl groups is 1. The molecule has 0 saturated heterocycles. The summed E-state index contributed by atoms with van der Waals surface area (Å²) in [6.45, 7) is 0. The third kappa shape index (κ3) is 3.09. The number of rotatable bonds is 5. The minimum atomic E-state index is 0.150. The van der Waals surface area contributed by atoms with Gasteiger partial charge in [0.25, 0.3) is 0 Å². The number of imidazole rings is 1. The van der Waals surface area contributed by atoms with E-state index in [4.69, 9.17) is 4.74 Å². The molecular formula is C18H15N5O2S. The molecule has 4 rings (SSSR count). The van der Waals surface area contributed by atoms with E-state index in [1.54, 1.807) is 37.7 Å². The maximum Gasteiger partial charge on any atom is 0.203 e. The average molecular weight is 365 g/mol. The summed E-state index contributed by atoms with van der Waals surface area (Å²) in [5.74, 6) is 0.808. The Hall–Kier alpha value is -3.39. The highest BCUT2D eigenvalue weighted by Crippen LogP contribution is 2.34. The first-order chi connectivity index (χ1) is 12.7. The highest BCUT2D eigenvalue weighted by Gasteiger charge is 2.10. The van der Waals surface area contributed by atoms with Crippen molar-refractivity contribution in [2.45, 2.75) is 0 Å². The Balaban J connectivity index is 1.52. The molecule has 0 radical (unpaired) electrons. The van der Waals surface area contributed by atoms with Crippen LogP contribution in [0.5, 0.6) is 11.5 Å². The second kappa shape index (κ2) is 6.85. The number of phenolic OH excluding ortho intramolecular Hbond substituents is 1. The fourth-order valence-electron chi connectivity index (χ4n) is 2.50. The molecule has 0 aliphatic carbocycles. The number of nitrogens with zero attached hydrogens (tertiary/aromatic N) is 4. The van der Waals surface area contributed by atoms with Crippen molar-refractivity contribution >= 4 is 28.3 Å². The van der Waals surface area contributed by atoms with Crippen LogP contribution in [-0.4, -0.2) is 32.8 Å². The van der Waals surface area contributed by atoms with E-state index in [-0.39, 0.29) is 5.75 Å². The fraction of sp³-hybridized carbons (Fsp3) is 0.0556. The second-order valence-electron chi connectivity index (χ2n) is 5.40. The molecule has 130 valence electrons. The SMILES string of the molecule is COc1ccc(O)c(-c2csc(N/N=C/c3cnc4ccccn34)n2)c1. The maximum atomic E-state index is 10.0. The van der Waals surface area contributed by atoms with Gasteiger partial charge in [-0.15, -0.1) is 11.3 Å². The zero-order valence-electron chi connectivity index (χ0n) is 13.8. The first-order valence-electron chi connectivity index (χ1n) is 7.78. The Morgan fingerprint density at radius 2 is 2.23 bits per heavy atom. The topological polar surface area (TPSA) is 84.0 Å². The Kier molecular flexibility index (Phi) is 4.24. The van der Waals surface area contributed by atoms with Crippen molar-refractivity contribution < 1.29 is 9.84 Å². The third-order valence-corrected chi connectivity index (χ3v) is 4.53. The van der Waals surface area contributed by atoms with Crippen LogP contribution in [0.4, 0.5) is 5.13 Å². The molecule has 0 atom stereocenters. The van der Waals surface area contributed by atoms with E-state index < -0.39 is 0 Å². The van der Waals surface area contributed by atoms with Crippen LogP contribution in [0, 0.1) is 0 Å². The fourth-order valence-corrected chi connectivity index (χ4v) is 3.16. The first kappa shape index (κ1) is 16.1. The van der Waals surface area contributed by atoms with Crippen LogP contribution in [0.2, 0.25) is 0 Å². The van der Waals surface area contributed by atoms with Gasteiger partial charge < -0.3 is 9.84 Å². The standard InChI is InChI=1S/C18H15N5O2S/c1-25-13-5-6-16(24)14(8-13)15-11-26-18(21-15)22-20-10-12-9-19-17-4-2-3-7-23(12)17/h2-11,24H,1H3,(H,21,22)/b20-10+.